The molecule has 0 amide bonds. The zero-order valence-electron chi connectivity index (χ0n) is 8.08. The molecule has 0 saturated heterocycles. The number of aromatic nitrogens is 3. The van der Waals surface area contributed by atoms with E-state index in [2.05, 4.69) is 10.3 Å². The number of carbonyl (C=O) groups is 1. The highest BCUT2D eigenvalue weighted by molar-refractivity contribution is 5.88. The molecule has 5 nitrogen and oxygen atoms in total. The summed E-state index contributed by atoms with van der Waals surface area (Å²) in [5.41, 5.74) is 1.92. The van der Waals surface area contributed by atoms with Gasteiger partial charge in [0.15, 0.2) is 0 Å². The third kappa shape index (κ3) is 1.71. The van der Waals surface area contributed by atoms with Crippen molar-refractivity contribution in [1.82, 2.24) is 15.0 Å². The van der Waals surface area contributed by atoms with Crippen LogP contribution in [0.25, 0.3) is 5.69 Å². The number of hydrogen-bond acceptors (Lipinski definition) is 3. The number of benzene rings is 1. The van der Waals surface area contributed by atoms with Gasteiger partial charge in [0.1, 0.15) is 0 Å². The van der Waals surface area contributed by atoms with Crippen molar-refractivity contribution in [2.24, 2.45) is 0 Å². The van der Waals surface area contributed by atoms with Crippen LogP contribution < -0.4 is 0 Å². The summed E-state index contributed by atoms with van der Waals surface area (Å²) in [6.07, 6.45) is 3.22. The molecule has 2 rings (SSSR count). The van der Waals surface area contributed by atoms with E-state index in [9.17, 15) is 4.79 Å². The van der Waals surface area contributed by atoms with Crippen LogP contribution in [-0.4, -0.2) is 26.1 Å². The van der Waals surface area contributed by atoms with E-state index in [-0.39, 0.29) is 5.56 Å². The van der Waals surface area contributed by atoms with Gasteiger partial charge in [0.05, 0.1) is 23.6 Å². The highest BCUT2D eigenvalue weighted by Crippen LogP contribution is 2.14. The first-order chi connectivity index (χ1) is 7.18. The van der Waals surface area contributed by atoms with Crippen molar-refractivity contribution < 1.29 is 9.90 Å². The fraction of sp³-hybridized carbons (Fsp3) is 0.100. The molecule has 0 saturated carbocycles. The summed E-state index contributed by atoms with van der Waals surface area (Å²) < 4.78 is 1.54. The number of rotatable bonds is 2. The van der Waals surface area contributed by atoms with Gasteiger partial charge in [-0.25, -0.2) is 9.48 Å². The van der Waals surface area contributed by atoms with Gasteiger partial charge in [0.2, 0.25) is 0 Å². The van der Waals surface area contributed by atoms with E-state index in [0.29, 0.717) is 0 Å². The van der Waals surface area contributed by atoms with Crippen molar-refractivity contribution in [3.8, 4) is 5.69 Å². The standard InChI is InChI=1S/C10H9N3O2/c1-7-2-3-8(10(14)15)6-9(7)13-5-4-11-12-13/h2-6H,1H3,(H,14,15). The van der Waals surface area contributed by atoms with Crippen LogP contribution in [0.2, 0.25) is 0 Å². The molecular formula is C10H9N3O2. The van der Waals surface area contributed by atoms with Gasteiger partial charge in [-0.15, -0.1) is 5.10 Å². The van der Waals surface area contributed by atoms with Crippen molar-refractivity contribution in [1.29, 1.82) is 0 Å². The fourth-order valence-corrected chi connectivity index (χ4v) is 1.33. The summed E-state index contributed by atoms with van der Waals surface area (Å²) >= 11 is 0. The van der Waals surface area contributed by atoms with Crippen LogP contribution in [0.5, 0.6) is 0 Å². The van der Waals surface area contributed by atoms with Gasteiger partial charge in [-0.1, -0.05) is 11.3 Å². The first-order valence-electron chi connectivity index (χ1n) is 4.39. The average molecular weight is 203 g/mol. The molecule has 15 heavy (non-hydrogen) atoms. The Kier molecular flexibility index (Phi) is 2.21. The predicted molar refractivity (Wildman–Crippen MR) is 53.1 cm³/mol. The Balaban J connectivity index is 2.55. The number of carboxylic acids is 1. The van der Waals surface area contributed by atoms with E-state index < -0.39 is 5.97 Å². The molecule has 0 unspecified atom stereocenters. The molecule has 1 aromatic carbocycles. The second kappa shape index (κ2) is 3.53. The number of aryl methyl sites for hydroxylation is 1. The smallest absolute Gasteiger partial charge is 0.335 e. The summed E-state index contributed by atoms with van der Waals surface area (Å²) in [6, 6.07) is 4.89. The highest BCUT2D eigenvalue weighted by Gasteiger charge is 2.07. The third-order valence-corrected chi connectivity index (χ3v) is 2.13. The van der Waals surface area contributed by atoms with Crippen molar-refractivity contribution in [3.63, 3.8) is 0 Å². The summed E-state index contributed by atoms with van der Waals surface area (Å²) in [7, 11) is 0. The van der Waals surface area contributed by atoms with Crippen molar-refractivity contribution in [2.75, 3.05) is 0 Å². The zero-order valence-corrected chi connectivity index (χ0v) is 8.08. The van der Waals surface area contributed by atoms with Crippen molar-refractivity contribution in [2.45, 2.75) is 6.92 Å². The molecule has 1 aromatic heterocycles. The van der Waals surface area contributed by atoms with Gasteiger partial charge in [-0.2, -0.15) is 0 Å². The summed E-state index contributed by atoms with van der Waals surface area (Å²) in [4.78, 5) is 10.8. The lowest BCUT2D eigenvalue weighted by molar-refractivity contribution is 0.0697. The average Bonchev–Trinajstić information content (AvgIpc) is 2.71. The Hall–Kier alpha value is -2.17. The fourth-order valence-electron chi connectivity index (χ4n) is 1.33. The van der Waals surface area contributed by atoms with E-state index in [1.807, 2.05) is 6.92 Å². The lowest BCUT2D eigenvalue weighted by Crippen LogP contribution is -2.02. The molecule has 0 spiro atoms. The summed E-state index contributed by atoms with van der Waals surface area (Å²) in [6.45, 7) is 1.89. The quantitative estimate of drug-likeness (QED) is 0.798. The molecule has 0 aliphatic heterocycles. The third-order valence-electron chi connectivity index (χ3n) is 2.13. The van der Waals surface area contributed by atoms with Gasteiger partial charge < -0.3 is 5.11 Å². The van der Waals surface area contributed by atoms with E-state index in [4.69, 9.17) is 5.11 Å². The molecule has 1 N–H and O–H groups in total. The maximum atomic E-state index is 10.8. The van der Waals surface area contributed by atoms with Crippen LogP contribution in [0, 0.1) is 6.92 Å². The van der Waals surface area contributed by atoms with E-state index in [1.165, 1.54) is 0 Å². The molecule has 76 valence electrons. The lowest BCUT2D eigenvalue weighted by Gasteiger charge is -2.05. The van der Waals surface area contributed by atoms with Gasteiger partial charge >= 0.3 is 5.97 Å². The normalized spacial score (nSPS) is 10.2. The Morgan fingerprint density at radius 3 is 2.87 bits per heavy atom. The predicted octanol–water partition coefficient (Wildman–Crippen LogP) is 1.27. The Morgan fingerprint density at radius 1 is 1.47 bits per heavy atom. The summed E-state index contributed by atoms with van der Waals surface area (Å²) in [5.74, 6) is -0.948. The number of carboxylic acid groups (broad SMARTS) is 1. The van der Waals surface area contributed by atoms with E-state index >= 15 is 0 Å². The second-order valence-electron chi connectivity index (χ2n) is 3.15. The van der Waals surface area contributed by atoms with Gasteiger partial charge in [-0.05, 0) is 24.6 Å². The Bertz CT molecular complexity index is 491. The molecule has 0 aliphatic rings. The molecule has 0 atom stereocenters. The molecular weight excluding hydrogens is 194 g/mol. The summed E-state index contributed by atoms with van der Waals surface area (Å²) in [5, 5.41) is 16.4. The van der Waals surface area contributed by atoms with Crippen LogP contribution in [0.1, 0.15) is 15.9 Å². The van der Waals surface area contributed by atoms with Crippen molar-refractivity contribution >= 4 is 5.97 Å². The molecule has 0 fully saturated rings. The largest absolute Gasteiger partial charge is 0.478 e. The Morgan fingerprint density at radius 2 is 2.27 bits per heavy atom. The van der Waals surface area contributed by atoms with Crippen LogP contribution in [-0.2, 0) is 0 Å². The molecule has 2 aromatic rings. The zero-order chi connectivity index (χ0) is 10.8. The molecule has 0 bridgehead atoms. The van der Waals surface area contributed by atoms with Crippen LogP contribution >= 0.6 is 0 Å². The molecule has 1 heterocycles. The highest BCUT2D eigenvalue weighted by atomic mass is 16.4. The topological polar surface area (TPSA) is 68.0 Å². The second-order valence-corrected chi connectivity index (χ2v) is 3.15. The van der Waals surface area contributed by atoms with E-state index in [1.54, 1.807) is 35.3 Å². The molecule has 0 radical (unpaired) electrons. The number of nitrogens with zero attached hydrogens (tertiary/aromatic N) is 3. The molecule has 0 aliphatic carbocycles. The van der Waals surface area contributed by atoms with Crippen LogP contribution in [0.15, 0.2) is 30.6 Å². The number of aromatic carboxylic acids is 1. The monoisotopic (exact) mass is 203 g/mol. The first kappa shape index (κ1) is 9.39. The SMILES string of the molecule is Cc1ccc(C(=O)O)cc1-n1ccnn1. The minimum absolute atomic E-state index is 0.242. The maximum absolute atomic E-state index is 10.8. The maximum Gasteiger partial charge on any atom is 0.335 e. The van der Waals surface area contributed by atoms with E-state index in [0.717, 1.165) is 11.3 Å². The first-order valence-corrected chi connectivity index (χ1v) is 4.39. The van der Waals surface area contributed by atoms with Gasteiger partial charge in [-0.3, -0.25) is 0 Å². The molecule has 5 heteroatoms. The minimum atomic E-state index is -0.948. The van der Waals surface area contributed by atoms with Crippen molar-refractivity contribution in [3.05, 3.63) is 41.7 Å². The van der Waals surface area contributed by atoms with Gasteiger partial charge in [0.25, 0.3) is 0 Å². The number of hydrogen-bond donors (Lipinski definition) is 1. The Labute approximate surface area is 86.0 Å². The van der Waals surface area contributed by atoms with Crippen LogP contribution in [0.3, 0.4) is 0 Å². The van der Waals surface area contributed by atoms with Gasteiger partial charge in [0, 0.05) is 0 Å². The lowest BCUT2D eigenvalue weighted by atomic mass is 10.1. The van der Waals surface area contributed by atoms with Crippen LogP contribution in [0.4, 0.5) is 0 Å². The minimum Gasteiger partial charge on any atom is -0.478 e.